The van der Waals surface area contributed by atoms with Crippen molar-refractivity contribution in [2.75, 3.05) is 32.7 Å². The summed E-state index contributed by atoms with van der Waals surface area (Å²) in [7, 11) is 0. The first kappa shape index (κ1) is 22.7. The van der Waals surface area contributed by atoms with Gasteiger partial charge >= 0.3 is 6.03 Å². The first-order valence-electron chi connectivity index (χ1n) is 10.3. The molecule has 1 aliphatic rings. The van der Waals surface area contributed by atoms with Gasteiger partial charge in [0.1, 0.15) is 0 Å². The highest BCUT2D eigenvalue weighted by Crippen LogP contribution is 2.16. The van der Waals surface area contributed by atoms with Crippen LogP contribution in [0.3, 0.4) is 0 Å². The van der Waals surface area contributed by atoms with Gasteiger partial charge in [-0.05, 0) is 43.4 Å². The molecule has 0 bridgehead atoms. The minimum atomic E-state index is -0.221. The number of allylic oxidation sites excluding steroid dienone is 3. The van der Waals surface area contributed by atoms with Crippen LogP contribution in [0.2, 0.25) is 0 Å². The number of nitrogens with zero attached hydrogens (tertiary/aromatic N) is 1. The van der Waals surface area contributed by atoms with Crippen LogP contribution in [0.25, 0.3) is 0 Å². The van der Waals surface area contributed by atoms with E-state index in [-0.39, 0.29) is 11.9 Å². The molecule has 6 nitrogen and oxygen atoms in total. The molecule has 3 N–H and O–H groups in total. The summed E-state index contributed by atoms with van der Waals surface area (Å²) in [5.41, 5.74) is 3.49. The van der Waals surface area contributed by atoms with E-state index in [0.29, 0.717) is 24.5 Å². The van der Waals surface area contributed by atoms with Crippen LogP contribution < -0.4 is 16.0 Å². The number of piperazine rings is 1. The molecule has 1 heterocycles. The summed E-state index contributed by atoms with van der Waals surface area (Å²) < 4.78 is 0. The van der Waals surface area contributed by atoms with Gasteiger partial charge in [-0.3, -0.25) is 4.79 Å². The van der Waals surface area contributed by atoms with Crippen LogP contribution in [0.5, 0.6) is 0 Å². The van der Waals surface area contributed by atoms with E-state index in [0.717, 1.165) is 43.0 Å². The normalized spacial score (nSPS) is 15.8. The van der Waals surface area contributed by atoms with Crippen LogP contribution in [0.1, 0.15) is 33.3 Å². The van der Waals surface area contributed by atoms with Gasteiger partial charge in [-0.15, -0.1) is 0 Å². The maximum atomic E-state index is 12.8. The van der Waals surface area contributed by atoms with Crippen LogP contribution >= 0.6 is 0 Å². The minimum absolute atomic E-state index is 0.0501. The number of benzene rings is 1. The maximum absolute atomic E-state index is 12.8. The highest BCUT2D eigenvalue weighted by molar-refractivity contribution is 5.93. The van der Waals surface area contributed by atoms with E-state index in [1.165, 1.54) is 0 Å². The van der Waals surface area contributed by atoms with Crippen LogP contribution in [0.4, 0.5) is 4.79 Å². The summed E-state index contributed by atoms with van der Waals surface area (Å²) in [4.78, 5) is 26.9. The second-order valence-corrected chi connectivity index (χ2v) is 7.91. The lowest BCUT2D eigenvalue weighted by atomic mass is 10.0. The second-order valence-electron chi connectivity index (χ2n) is 7.91. The van der Waals surface area contributed by atoms with Crippen molar-refractivity contribution in [3.05, 3.63) is 58.8 Å². The Bertz CT molecular complexity index is 747. The first-order chi connectivity index (χ1) is 13.9. The number of hydrogen-bond acceptors (Lipinski definition) is 3. The van der Waals surface area contributed by atoms with E-state index in [9.17, 15) is 9.59 Å². The molecule has 0 aliphatic carbocycles. The number of carbonyl (C=O) groups excluding carboxylic acids is 2. The van der Waals surface area contributed by atoms with Gasteiger partial charge in [0.15, 0.2) is 0 Å². The van der Waals surface area contributed by atoms with Gasteiger partial charge in [0.05, 0.1) is 0 Å². The number of nitrogens with one attached hydrogen (secondary N) is 3. The van der Waals surface area contributed by atoms with Crippen molar-refractivity contribution in [2.45, 2.75) is 34.1 Å². The molecule has 0 atom stereocenters. The highest BCUT2D eigenvalue weighted by Gasteiger charge is 2.18. The zero-order valence-corrected chi connectivity index (χ0v) is 18.0. The van der Waals surface area contributed by atoms with Crippen molar-refractivity contribution in [3.63, 3.8) is 0 Å². The van der Waals surface area contributed by atoms with Gasteiger partial charge in [-0.1, -0.05) is 44.2 Å². The largest absolute Gasteiger partial charge is 0.338 e. The van der Waals surface area contributed by atoms with Crippen molar-refractivity contribution in [3.8, 4) is 0 Å². The molecule has 2 rings (SSSR count). The Balaban J connectivity index is 2.21. The summed E-state index contributed by atoms with van der Waals surface area (Å²) in [6, 6.07) is 9.84. The molecule has 158 valence electrons. The number of urea groups is 1. The molecule has 0 spiro atoms. The summed E-state index contributed by atoms with van der Waals surface area (Å²) in [6.07, 6.45) is 2.55. The summed E-state index contributed by atoms with van der Waals surface area (Å²) in [6.45, 7) is 11.5. The molecule has 1 aromatic carbocycles. The molecule has 0 radical (unpaired) electrons. The van der Waals surface area contributed by atoms with E-state index in [4.69, 9.17) is 0 Å². The van der Waals surface area contributed by atoms with Gasteiger partial charge in [-0.25, -0.2) is 4.79 Å². The lowest BCUT2D eigenvalue weighted by Crippen LogP contribution is -2.46. The zero-order valence-electron chi connectivity index (χ0n) is 18.0. The maximum Gasteiger partial charge on any atom is 0.318 e. The van der Waals surface area contributed by atoms with Crippen LogP contribution in [-0.4, -0.2) is 49.6 Å². The standard InChI is InChI=1S/C23H34N4O2/c1-17(2)16-25-23(29)26-19(4)21(15-20-8-6-5-7-9-20)14-18(3)22(28)27-12-10-24-11-13-27/h5-9,14,17,24H,10-13,15-16H2,1-4H3,(H2,25,26,29)/b18-14+,21-19-. The third-order valence-corrected chi connectivity index (χ3v) is 4.82. The highest BCUT2D eigenvalue weighted by atomic mass is 16.2. The predicted molar refractivity (Wildman–Crippen MR) is 117 cm³/mol. The van der Waals surface area contributed by atoms with E-state index in [2.05, 4.69) is 29.8 Å². The average molecular weight is 399 g/mol. The van der Waals surface area contributed by atoms with Crippen molar-refractivity contribution in [1.29, 1.82) is 0 Å². The van der Waals surface area contributed by atoms with E-state index >= 15 is 0 Å². The second kappa shape index (κ2) is 11.4. The van der Waals surface area contributed by atoms with E-state index in [1.807, 2.05) is 55.2 Å². The first-order valence-corrected chi connectivity index (χ1v) is 10.3. The number of carbonyl (C=O) groups is 2. The lowest BCUT2D eigenvalue weighted by Gasteiger charge is -2.27. The quantitative estimate of drug-likeness (QED) is 0.488. The fourth-order valence-corrected chi connectivity index (χ4v) is 3.14. The molecule has 0 aromatic heterocycles. The zero-order chi connectivity index (χ0) is 21.2. The van der Waals surface area contributed by atoms with E-state index in [1.54, 1.807) is 0 Å². The smallest absolute Gasteiger partial charge is 0.318 e. The fraction of sp³-hybridized carbons (Fsp3) is 0.478. The molecule has 3 amide bonds. The predicted octanol–water partition coefficient (Wildman–Crippen LogP) is 2.84. The van der Waals surface area contributed by atoms with Gasteiger partial charge in [0.25, 0.3) is 0 Å². The van der Waals surface area contributed by atoms with Gasteiger partial charge in [0.2, 0.25) is 5.91 Å². The van der Waals surface area contributed by atoms with Crippen LogP contribution in [0, 0.1) is 5.92 Å². The average Bonchev–Trinajstić information content (AvgIpc) is 2.72. The Hall–Kier alpha value is -2.60. The summed E-state index contributed by atoms with van der Waals surface area (Å²) in [5, 5.41) is 9.07. The third kappa shape index (κ3) is 7.74. The molecule has 0 unspecified atom stereocenters. The molecular formula is C23H34N4O2. The van der Waals surface area contributed by atoms with E-state index < -0.39 is 0 Å². The molecule has 1 saturated heterocycles. The lowest BCUT2D eigenvalue weighted by molar-refractivity contribution is -0.127. The number of amides is 3. The third-order valence-electron chi connectivity index (χ3n) is 4.82. The molecule has 29 heavy (non-hydrogen) atoms. The summed E-state index contributed by atoms with van der Waals surface area (Å²) >= 11 is 0. The molecule has 1 fully saturated rings. The Labute approximate surface area is 174 Å². The van der Waals surface area contributed by atoms with Gasteiger partial charge < -0.3 is 20.9 Å². The number of rotatable bonds is 7. The van der Waals surface area contributed by atoms with Crippen LogP contribution in [-0.2, 0) is 11.2 Å². The van der Waals surface area contributed by atoms with Crippen molar-refractivity contribution in [1.82, 2.24) is 20.9 Å². The fourth-order valence-electron chi connectivity index (χ4n) is 3.14. The Kier molecular flexibility index (Phi) is 8.93. The molecule has 0 saturated carbocycles. The Morgan fingerprint density at radius 2 is 1.79 bits per heavy atom. The monoisotopic (exact) mass is 398 g/mol. The van der Waals surface area contributed by atoms with Crippen molar-refractivity contribution < 1.29 is 9.59 Å². The summed E-state index contributed by atoms with van der Waals surface area (Å²) in [5.74, 6) is 0.432. The minimum Gasteiger partial charge on any atom is -0.338 e. The van der Waals surface area contributed by atoms with Crippen LogP contribution in [0.15, 0.2) is 53.3 Å². The topological polar surface area (TPSA) is 73.5 Å². The van der Waals surface area contributed by atoms with Crippen molar-refractivity contribution >= 4 is 11.9 Å². The van der Waals surface area contributed by atoms with Crippen molar-refractivity contribution in [2.24, 2.45) is 5.92 Å². The van der Waals surface area contributed by atoms with Gasteiger partial charge in [-0.2, -0.15) is 0 Å². The molecular weight excluding hydrogens is 364 g/mol. The SMILES string of the molecule is C/C(=C\C(Cc1ccccc1)=C(/C)NC(=O)NCC(C)C)C(=O)N1CCNCC1. The Morgan fingerprint density at radius 1 is 1.14 bits per heavy atom. The van der Waals surface area contributed by atoms with Gasteiger partial charge in [0, 0.05) is 44.0 Å². The Morgan fingerprint density at radius 3 is 2.41 bits per heavy atom. The molecule has 1 aromatic rings. The number of hydrogen-bond donors (Lipinski definition) is 3. The molecule has 6 heteroatoms. The molecule has 1 aliphatic heterocycles.